The van der Waals surface area contributed by atoms with Crippen molar-refractivity contribution in [1.29, 1.82) is 0 Å². The van der Waals surface area contributed by atoms with E-state index in [1.54, 1.807) is 11.3 Å². The van der Waals surface area contributed by atoms with Gasteiger partial charge in [-0.3, -0.25) is 0 Å². The van der Waals surface area contributed by atoms with Gasteiger partial charge < -0.3 is 5.73 Å². The molecule has 1 unspecified atom stereocenters. The summed E-state index contributed by atoms with van der Waals surface area (Å²) in [6.45, 7) is 0. The summed E-state index contributed by atoms with van der Waals surface area (Å²) in [7, 11) is 0. The number of hydrogen-bond donors (Lipinski definition) is 1. The number of nitrogens with two attached hydrogens (primary N) is 1. The van der Waals surface area contributed by atoms with E-state index >= 15 is 0 Å². The molecule has 2 N–H and O–H groups in total. The first kappa shape index (κ1) is 13.6. The van der Waals surface area contributed by atoms with Crippen LogP contribution in [0.1, 0.15) is 38.9 Å². The monoisotopic (exact) mass is 297 g/mol. The quantitative estimate of drug-likeness (QED) is 0.878. The van der Waals surface area contributed by atoms with Crippen LogP contribution in [-0.4, -0.2) is 0 Å². The number of fused-ring (bicyclic) bond motifs is 1. The molecule has 0 saturated heterocycles. The summed E-state index contributed by atoms with van der Waals surface area (Å²) < 4.78 is 37.6. The molecule has 1 aromatic carbocycles. The molecule has 0 radical (unpaired) electrons. The Hall–Kier alpha value is -1.33. The number of thiophene rings is 1. The lowest BCUT2D eigenvalue weighted by Gasteiger charge is -2.12. The molecule has 0 fully saturated rings. The minimum absolute atomic E-state index is 0.340. The van der Waals surface area contributed by atoms with Crippen molar-refractivity contribution in [2.24, 2.45) is 5.73 Å². The second kappa shape index (κ2) is 4.90. The Morgan fingerprint density at radius 2 is 1.80 bits per heavy atom. The Bertz CT molecular complexity index is 592. The normalized spacial score (nSPS) is 16.2. The SMILES string of the molecule is NC(c1ccc(C(F)(F)F)cc1)c1cc2c(s1)CCC2. The van der Waals surface area contributed by atoms with Crippen LogP contribution in [-0.2, 0) is 19.0 Å². The van der Waals surface area contributed by atoms with Gasteiger partial charge in [-0.05, 0) is 48.6 Å². The van der Waals surface area contributed by atoms with Gasteiger partial charge in [-0.25, -0.2) is 0 Å². The maximum absolute atomic E-state index is 12.5. The Balaban J connectivity index is 1.84. The van der Waals surface area contributed by atoms with Crippen LogP contribution in [0.4, 0.5) is 13.2 Å². The predicted molar refractivity (Wildman–Crippen MR) is 73.8 cm³/mol. The molecule has 1 aromatic heterocycles. The van der Waals surface area contributed by atoms with Crippen LogP contribution in [0.5, 0.6) is 0 Å². The number of halogens is 3. The fourth-order valence-corrected chi connectivity index (χ4v) is 3.84. The number of aryl methyl sites for hydroxylation is 2. The largest absolute Gasteiger partial charge is 0.416 e. The van der Waals surface area contributed by atoms with Gasteiger partial charge in [0.05, 0.1) is 11.6 Å². The predicted octanol–water partition coefficient (Wildman–Crippen LogP) is 4.30. The first-order chi connectivity index (χ1) is 9.45. The van der Waals surface area contributed by atoms with Crippen molar-refractivity contribution < 1.29 is 13.2 Å². The fraction of sp³-hybridized carbons (Fsp3) is 0.333. The Labute approximate surface area is 119 Å². The highest BCUT2D eigenvalue weighted by molar-refractivity contribution is 7.12. The number of hydrogen-bond acceptors (Lipinski definition) is 2. The third-order valence-electron chi connectivity index (χ3n) is 3.67. The zero-order valence-electron chi connectivity index (χ0n) is 10.7. The van der Waals surface area contributed by atoms with E-state index in [0.29, 0.717) is 0 Å². The molecule has 0 bridgehead atoms. The van der Waals surface area contributed by atoms with Gasteiger partial charge in [0, 0.05) is 9.75 Å². The lowest BCUT2D eigenvalue weighted by Crippen LogP contribution is -2.11. The number of benzene rings is 1. The molecular weight excluding hydrogens is 283 g/mol. The Kier molecular flexibility index (Phi) is 3.34. The third kappa shape index (κ3) is 2.47. The average Bonchev–Trinajstić information content (AvgIpc) is 2.97. The zero-order valence-corrected chi connectivity index (χ0v) is 11.5. The van der Waals surface area contributed by atoms with E-state index in [1.807, 2.05) is 0 Å². The molecule has 1 aliphatic carbocycles. The Morgan fingerprint density at radius 3 is 2.40 bits per heavy atom. The van der Waals surface area contributed by atoms with Crippen molar-refractivity contribution in [2.45, 2.75) is 31.5 Å². The van der Waals surface area contributed by atoms with Crippen LogP contribution < -0.4 is 5.73 Å². The molecule has 1 aliphatic rings. The molecule has 1 atom stereocenters. The summed E-state index contributed by atoms with van der Waals surface area (Å²) >= 11 is 1.69. The molecule has 0 amide bonds. The van der Waals surface area contributed by atoms with Gasteiger partial charge in [0.2, 0.25) is 0 Å². The first-order valence-electron chi connectivity index (χ1n) is 6.49. The minimum atomic E-state index is -4.30. The summed E-state index contributed by atoms with van der Waals surface area (Å²) in [4.78, 5) is 2.41. The average molecular weight is 297 g/mol. The zero-order chi connectivity index (χ0) is 14.3. The van der Waals surface area contributed by atoms with Gasteiger partial charge in [-0.1, -0.05) is 12.1 Å². The maximum Gasteiger partial charge on any atom is 0.416 e. The highest BCUT2D eigenvalue weighted by Gasteiger charge is 2.30. The molecule has 5 heteroatoms. The lowest BCUT2D eigenvalue weighted by molar-refractivity contribution is -0.137. The van der Waals surface area contributed by atoms with Crippen molar-refractivity contribution in [3.8, 4) is 0 Å². The van der Waals surface area contributed by atoms with E-state index in [2.05, 4.69) is 6.07 Å². The fourth-order valence-electron chi connectivity index (χ4n) is 2.55. The smallest absolute Gasteiger partial charge is 0.320 e. The van der Waals surface area contributed by atoms with Crippen molar-refractivity contribution >= 4 is 11.3 Å². The van der Waals surface area contributed by atoms with E-state index < -0.39 is 11.7 Å². The van der Waals surface area contributed by atoms with Gasteiger partial charge in [-0.2, -0.15) is 13.2 Å². The molecule has 106 valence electrons. The molecular formula is C15H14F3NS. The molecule has 0 saturated carbocycles. The van der Waals surface area contributed by atoms with Crippen LogP contribution in [0.15, 0.2) is 30.3 Å². The second-order valence-corrected chi connectivity index (χ2v) is 6.22. The van der Waals surface area contributed by atoms with E-state index in [1.165, 1.54) is 29.0 Å². The van der Waals surface area contributed by atoms with Crippen molar-refractivity contribution in [3.05, 3.63) is 56.8 Å². The molecule has 1 nitrogen and oxygen atoms in total. The van der Waals surface area contributed by atoms with Crippen LogP contribution in [0.2, 0.25) is 0 Å². The van der Waals surface area contributed by atoms with Crippen molar-refractivity contribution in [1.82, 2.24) is 0 Å². The third-order valence-corrected chi connectivity index (χ3v) is 4.99. The molecule has 3 rings (SSSR count). The van der Waals surface area contributed by atoms with Crippen molar-refractivity contribution in [2.75, 3.05) is 0 Å². The van der Waals surface area contributed by atoms with E-state index in [9.17, 15) is 13.2 Å². The van der Waals surface area contributed by atoms with Gasteiger partial charge >= 0.3 is 6.18 Å². The molecule has 0 spiro atoms. The number of rotatable bonds is 2. The van der Waals surface area contributed by atoms with Gasteiger partial charge in [-0.15, -0.1) is 11.3 Å². The van der Waals surface area contributed by atoms with Gasteiger partial charge in [0.15, 0.2) is 0 Å². The minimum Gasteiger partial charge on any atom is -0.320 e. The van der Waals surface area contributed by atoms with Crippen LogP contribution in [0.25, 0.3) is 0 Å². The van der Waals surface area contributed by atoms with E-state index in [-0.39, 0.29) is 6.04 Å². The van der Waals surface area contributed by atoms with E-state index in [0.717, 1.165) is 35.4 Å². The summed E-state index contributed by atoms with van der Waals surface area (Å²) in [6, 6.07) is 6.90. The second-order valence-electron chi connectivity index (χ2n) is 5.05. The highest BCUT2D eigenvalue weighted by Crippen LogP contribution is 2.36. The maximum atomic E-state index is 12.5. The lowest BCUT2D eigenvalue weighted by atomic mass is 10.0. The van der Waals surface area contributed by atoms with Gasteiger partial charge in [0.25, 0.3) is 0 Å². The summed E-state index contributed by atoms with van der Waals surface area (Å²) in [5, 5.41) is 0. The Morgan fingerprint density at radius 1 is 1.10 bits per heavy atom. The van der Waals surface area contributed by atoms with Crippen LogP contribution in [0, 0.1) is 0 Å². The van der Waals surface area contributed by atoms with Crippen LogP contribution >= 0.6 is 11.3 Å². The number of alkyl halides is 3. The van der Waals surface area contributed by atoms with Crippen molar-refractivity contribution in [3.63, 3.8) is 0 Å². The first-order valence-corrected chi connectivity index (χ1v) is 7.31. The van der Waals surface area contributed by atoms with E-state index in [4.69, 9.17) is 5.73 Å². The summed E-state index contributed by atoms with van der Waals surface area (Å²) in [5.74, 6) is 0. The topological polar surface area (TPSA) is 26.0 Å². The summed E-state index contributed by atoms with van der Waals surface area (Å²) in [6.07, 6.45) is -0.922. The van der Waals surface area contributed by atoms with Gasteiger partial charge in [0.1, 0.15) is 0 Å². The molecule has 2 aromatic rings. The molecule has 0 aliphatic heterocycles. The standard InChI is InChI=1S/C15H14F3NS/c16-15(17,18)11-6-4-9(5-7-11)14(19)13-8-10-2-1-3-12(10)20-13/h4-8,14H,1-3,19H2. The molecule has 1 heterocycles. The summed E-state index contributed by atoms with van der Waals surface area (Å²) in [5.41, 5.74) is 7.60. The van der Waals surface area contributed by atoms with Crippen LogP contribution in [0.3, 0.4) is 0 Å². The highest BCUT2D eigenvalue weighted by atomic mass is 32.1. The molecule has 20 heavy (non-hydrogen) atoms.